The summed E-state index contributed by atoms with van der Waals surface area (Å²) in [4.78, 5) is 48.5. The summed E-state index contributed by atoms with van der Waals surface area (Å²) in [6, 6.07) is 18.9. The second kappa shape index (κ2) is 15.8. The van der Waals surface area contributed by atoms with Gasteiger partial charge in [-0.3, -0.25) is 14.4 Å². The molecule has 248 valence electrons. The van der Waals surface area contributed by atoms with Crippen LogP contribution in [0.25, 0.3) is 10.9 Å². The van der Waals surface area contributed by atoms with Gasteiger partial charge in [0.2, 0.25) is 17.7 Å². The van der Waals surface area contributed by atoms with Crippen molar-refractivity contribution < 1.29 is 14.4 Å². The van der Waals surface area contributed by atoms with Crippen molar-refractivity contribution in [1.82, 2.24) is 25.8 Å². The van der Waals surface area contributed by atoms with Crippen LogP contribution in [-0.4, -0.2) is 65.9 Å². The highest BCUT2D eigenvalue weighted by molar-refractivity contribution is 7.99. The van der Waals surface area contributed by atoms with E-state index >= 15 is 0 Å². The number of aromatic amines is 1. The van der Waals surface area contributed by atoms with Crippen molar-refractivity contribution >= 4 is 52.0 Å². The number of fused-ring (bicyclic) bond motifs is 3. The van der Waals surface area contributed by atoms with Crippen LogP contribution >= 0.6 is 23.4 Å². The molecule has 2 heterocycles. The number of nitrogens with zero attached hydrogens (tertiary/aromatic N) is 1. The van der Waals surface area contributed by atoms with Gasteiger partial charge in [-0.1, -0.05) is 59.8 Å². The molecule has 0 spiro atoms. The van der Waals surface area contributed by atoms with Crippen LogP contribution in [0.5, 0.6) is 0 Å². The highest BCUT2D eigenvalue weighted by Gasteiger charge is 2.34. The molecule has 1 aromatic heterocycles. The summed E-state index contributed by atoms with van der Waals surface area (Å²) in [7, 11) is 1.58. The molecule has 3 amide bonds. The fourth-order valence-electron chi connectivity index (χ4n) is 5.92. The number of nitrogens with two attached hydrogens (primary N) is 2. The molecular formula is C35H42ClN7O3S. The molecule has 0 bridgehead atoms. The summed E-state index contributed by atoms with van der Waals surface area (Å²) in [5, 5.41) is 10.9. The number of hydrogen-bond acceptors (Lipinski definition) is 7. The number of H-pyrrole nitrogens is 1. The summed E-state index contributed by atoms with van der Waals surface area (Å²) in [5.74, 6) is -1.14. The number of benzene rings is 3. The average Bonchev–Trinajstić information content (AvgIpc) is 3.39. The van der Waals surface area contributed by atoms with Crippen molar-refractivity contribution in [2.45, 2.75) is 67.2 Å². The van der Waals surface area contributed by atoms with Gasteiger partial charge >= 0.3 is 0 Å². The lowest BCUT2D eigenvalue weighted by Gasteiger charge is -2.31. The molecule has 0 radical (unpaired) electrons. The number of aromatic nitrogens is 1. The third-order valence-electron chi connectivity index (χ3n) is 8.61. The van der Waals surface area contributed by atoms with Crippen molar-refractivity contribution in [3.8, 4) is 0 Å². The third-order valence-corrected chi connectivity index (χ3v) is 10.1. The van der Waals surface area contributed by atoms with Gasteiger partial charge in [-0.25, -0.2) is 0 Å². The molecule has 10 nitrogen and oxygen atoms in total. The van der Waals surface area contributed by atoms with Gasteiger partial charge in [-0.05, 0) is 73.3 Å². The van der Waals surface area contributed by atoms with E-state index in [0.717, 1.165) is 43.1 Å². The van der Waals surface area contributed by atoms with Crippen LogP contribution in [0.4, 0.5) is 0 Å². The first-order valence-corrected chi connectivity index (χ1v) is 17.0. The number of rotatable bonds is 6. The third kappa shape index (κ3) is 8.17. The fraction of sp³-hybridized carbons (Fsp3) is 0.343. The normalized spacial score (nSPS) is 19.9. The molecule has 3 atom stereocenters. The molecular weight excluding hydrogens is 634 g/mol. The highest BCUT2D eigenvalue weighted by atomic mass is 35.5. The molecule has 0 saturated heterocycles. The minimum Gasteiger partial charge on any atom is -0.358 e. The zero-order valence-corrected chi connectivity index (χ0v) is 28.2. The molecule has 0 unspecified atom stereocenters. The van der Waals surface area contributed by atoms with Crippen molar-refractivity contribution in [3.63, 3.8) is 0 Å². The predicted molar refractivity (Wildman–Crippen MR) is 187 cm³/mol. The second-order valence-electron chi connectivity index (χ2n) is 11.8. The van der Waals surface area contributed by atoms with Gasteiger partial charge in [0.05, 0.1) is 6.04 Å². The molecule has 0 fully saturated rings. The summed E-state index contributed by atoms with van der Waals surface area (Å²) >= 11 is 8.01. The molecule has 3 aromatic carbocycles. The first kappa shape index (κ1) is 34.5. The molecule has 0 aliphatic carbocycles. The number of hydrogen-bond donors (Lipinski definition) is 6. The topological polar surface area (TPSA) is 158 Å². The molecule has 4 aromatic rings. The van der Waals surface area contributed by atoms with Crippen LogP contribution in [0.3, 0.4) is 0 Å². The first-order chi connectivity index (χ1) is 22.7. The summed E-state index contributed by atoms with van der Waals surface area (Å²) in [6.45, 7) is 2.86. The van der Waals surface area contributed by atoms with Crippen LogP contribution < -0.4 is 27.4 Å². The largest absolute Gasteiger partial charge is 0.358 e. The van der Waals surface area contributed by atoms with E-state index in [2.05, 4.69) is 20.9 Å². The fourth-order valence-corrected chi connectivity index (χ4v) is 7.17. The number of halogens is 1. The maximum absolute atomic E-state index is 14.1. The Bertz CT molecular complexity index is 1750. The van der Waals surface area contributed by atoms with Gasteiger partial charge in [-0.2, -0.15) is 0 Å². The number of aryl methyl sites for hydroxylation is 1. The minimum atomic E-state index is -1.04. The van der Waals surface area contributed by atoms with E-state index < -0.39 is 24.0 Å². The molecule has 47 heavy (non-hydrogen) atoms. The lowest BCUT2D eigenvalue weighted by atomic mass is 10.00. The predicted octanol–water partition coefficient (Wildman–Crippen LogP) is 3.62. The van der Waals surface area contributed by atoms with E-state index in [1.54, 1.807) is 18.8 Å². The molecule has 12 heteroatoms. The van der Waals surface area contributed by atoms with Crippen LogP contribution in [-0.2, 0) is 33.9 Å². The molecule has 1 aliphatic rings. The van der Waals surface area contributed by atoms with Crippen molar-refractivity contribution in [2.24, 2.45) is 11.5 Å². The van der Waals surface area contributed by atoms with Gasteiger partial charge in [0.15, 0.2) is 0 Å². The maximum atomic E-state index is 14.1. The Labute approximate surface area is 284 Å². The SMILES string of the molecule is Cc1[nH]c2ccccc2c1C[C@H]1C(=O)NCc2cc(Cl)ccc2Sc2ccccc2CN[C@@H](CCCN)C(=O)N[C@@H](CN)C(=O)N1C. The summed E-state index contributed by atoms with van der Waals surface area (Å²) < 4.78 is 0. The van der Waals surface area contributed by atoms with Gasteiger partial charge in [0, 0.05) is 64.5 Å². The smallest absolute Gasteiger partial charge is 0.246 e. The van der Waals surface area contributed by atoms with E-state index in [0.29, 0.717) is 31.0 Å². The first-order valence-electron chi connectivity index (χ1n) is 15.8. The number of nitrogens with one attached hydrogen (secondary N) is 4. The Balaban J connectivity index is 1.55. The summed E-state index contributed by atoms with van der Waals surface area (Å²) in [6.07, 6.45) is 1.34. The highest BCUT2D eigenvalue weighted by Crippen LogP contribution is 2.34. The van der Waals surface area contributed by atoms with Gasteiger partial charge in [0.1, 0.15) is 12.1 Å². The standard InChI is InChI=1S/C35H42ClN7O3S/c1-21-26(25-9-4-5-10-27(25)41-21)17-30-34(45)40-20-23-16-24(36)13-14-32(23)47-31-12-6-3-8-22(31)19-39-28(11-7-15-37)33(44)42-29(18-38)35(46)43(30)2/h3-6,8-10,12-14,16,28-30,39,41H,7,11,15,17-20,37-38H2,1-2H3,(H,40,45)(H,42,44)/t28-,29-,30-/m0/s1. The minimum absolute atomic E-state index is 0.135. The molecule has 1 aliphatic heterocycles. The number of amides is 3. The molecule has 5 rings (SSSR count). The van der Waals surface area contributed by atoms with E-state index in [1.165, 1.54) is 4.90 Å². The maximum Gasteiger partial charge on any atom is 0.246 e. The Morgan fingerprint density at radius 3 is 2.45 bits per heavy atom. The van der Waals surface area contributed by atoms with Gasteiger partial charge in [0.25, 0.3) is 0 Å². The van der Waals surface area contributed by atoms with Crippen molar-refractivity contribution in [3.05, 3.63) is 94.1 Å². The lowest BCUT2D eigenvalue weighted by molar-refractivity contribution is -0.141. The van der Waals surface area contributed by atoms with E-state index in [9.17, 15) is 14.4 Å². The Morgan fingerprint density at radius 2 is 1.66 bits per heavy atom. The zero-order valence-electron chi connectivity index (χ0n) is 26.6. The number of carbonyl (C=O) groups excluding carboxylic acids is 3. The van der Waals surface area contributed by atoms with Gasteiger partial charge < -0.3 is 37.3 Å². The van der Waals surface area contributed by atoms with E-state index in [4.69, 9.17) is 23.1 Å². The molecule has 0 saturated carbocycles. The Hall–Kier alpha value is -3.87. The summed E-state index contributed by atoms with van der Waals surface area (Å²) in [5.41, 5.74) is 16.5. The average molecular weight is 676 g/mol. The Morgan fingerprint density at radius 1 is 0.915 bits per heavy atom. The van der Waals surface area contributed by atoms with Crippen LogP contribution in [0.15, 0.2) is 76.5 Å². The monoisotopic (exact) mass is 675 g/mol. The van der Waals surface area contributed by atoms with E-state index in [-0.39, 0.29) is 31.3 Å². The number of likely N-dealkylation sites (N-methyl/N-ethyl adjacent to an activating group) is 1. The molecule has 8 N–H and O–H groups in total. The number of para-hydroxylation sites is 1. The zero-order chi connectivity index (χ0) is 33.5. The lowest BCUT2D eigenvalue weighted by Crippen LogP contribution is -2.59. The van der Waals surface area contributed by atoms with Crippen LogP contribution in [0.1, 0.15) is 35.2 Å². The van der Waals surface area contributed by atoms with Crippen molar-refractivity contribution in [1.29, 1.82) is 0 Å². The number of carbonyl (C=O) groups is 3. The van der Waals surface area contributed by atoms with Gasteiger partial charge in [-0.15, -0.1) is 0 Å². The van der Waals surface area contributed by atoms with Crippen LogP contribution in [0.2, 0.25) is 5.02 Å². The Kier molecular flexibility index (Phi) is 11.6. The quantitative estimate of drug-likeness (QED) is 0.182. The second-order valence-corrected chi connectivity index (χ2v) is 13.3. The van der Waals surface area contributed by atoms with Crippen molar-refractivity contribution in [2.75, 3.05) is 20.1 Å². The van der Waals surface area contributed by atoms with E-state index in [1.807, 2.05) is 73.7 Å². The van der Waals surface area contributed by atoms with Crippen LogP contribution in [0, 0.1) is 6.92 Å².